The van der Waals surface area contributed by atoms with Gasteiger partial charge in [0.1, 0.15) is 17.2 Å². The van der Waals surface area contributed by atoms with Gasteiger partial charge in [0.15, 0.2) is 0 Å². The molecule has 2 aliphatic rings. The topological polar surface area (TPSA) is 75.7 Å². The number of rotatable bonds is 7. The van der Waals surface area contributed by atoms with Crippen molar-refractivity contribution in [2.24, 2.45) is 5.92 Å². The predicted octanol–water partition coefficient (Wildman–Crippen LogP) is 5.22. The van der Waals surface area contributed by atoms with Gasteiger partial charge in [0, 0.05) is 41.6 Å². The highest BCUT2D eigenvalue weighted by atomic mass is 35.5. The van der Waals surface area contributed by atoms with E-state index in [9.17, 15) is 17.6 Å². The highest BCUT2D eigenvalue weighted by Crippen LogP contribution is 2.43. The molecule has 0 aromatic heterocycles. The fourth-order valence-electron chi connectivity index (χ4n) is 5.06. The van der Waals surface area contributed by atoms with E-state index < -0.39 is 21.6 Å². The summed E-state index contributed by atoms with van der Waals surface area (Å²) >= 11 is 6.02. The summed E-state index contributed by atoms with van der Waals surface area (Å²) in [5.74, 6) is -0.680. The van der Waals surface area contributed by atoms with E-state index in [2.05, 4.69) is 19.2 Å². The van der Waals surface area contributed by atoms with E-state index in [1.165, 1.54) is 22.5 Å². The summed E-state index contributed by atoms with van der Waals surface area (Å²) in [5, 5.41) is 3.32. The Kier molecular flexibility index (Phi) is 7.74. The Morgan fingerprint density at radius 1 is 1.14 bits per heavy atom. The maximum absolute atomic E-state index is 14.1. The molecule has 0 spiro atoms. The molecule has 1 N–H and O–H groups in total. The van der Waals surface area contributed by atoms with Crippen molar-refractivity contribution in [3.05, 3.63) is 64.4 Å². The normalized spacial score (nSPS) is 20.6. The minimum Gasteiger partial charge on any atom is -0.487 e. The molecule has 190 valence electrons. The molecule has 2 heterocycles. The van der Waals surface area contributed by atoms with E-state index in [1.807, 2.05) is 24.3 Å². The van der Waals surface area contributed by atoms with Gasteiger partial charge in [-0.1, -0.05) is 49.7 Å². The Labute approximate surface area is 211 Å². The largest absolute Gasteiger partial charge is 0.487 e. The molecular weight excluding hydrogens is 491 g/mol. The lowest BCUT2D eigenvalue weighted by molar-refractivity contribution is -0.127. The van der Waals surface area contributed by atoms with Crippen LogP contribution in [0.15, 0.2) is 42.5 Å². The zero-order valence-corrected chi connectivity index (χ0v) is 21.7. The second-order valence-electron chi connectivity index (χ2n) is 9.43. The number of amides is 1. The molecular formula is C26H32ClFN2O4S. The van der Waals surface area contributed by atoms with Gasteiger partial charge < -0.3 is 10.1 Å². The molecule has 9 heteroatoms. The smallest absolute Gasteiger partial charge is 0.223 e. The number of ether oxygens (including phenoxy) is 1. The summed E-state index contributed by atoms with van der Waals surface area (Å²) in [6.45, 7) is 4.62. The third kappa shape index (κ3) is 5.49. The highest BCUT2D eigenvalue weighted by Gasteiger charge is 2.40. The minimum absolute atomic E-state index is 0.0254. The molecule has 1 saturated heterocycles. The van der Waals surface area contributed by atoms with E-state index in [4.69, 9.17) is 16.3 Å². The van der Waals surface area contributed by atoms with Crippen molar-refractivity contribution in [1.82, 2.24) is 9.62 Å². The van der Waals surface area contributed by atoms with Crippen LogP contribution in [-0.4, -0.2) is 37.3 Å². The molecule has 1 unspecified atom stereocenters. The number of carbonyl (C=O) groups excluding carboxylic acids is 1. The number of halogens is 2. The lowest BCUT2D eigenvalue weighted by atomic mass is 9.83. The zero-order valence-electron chi connectivity index (χ0n) is 20.1. The van der Waals surface area contributed by atoms with Gasteiger partial charge in [0.2, 0.25) is 15.9 Å². The SMILES string of the molecule is CCC1(CC)CC(NC(=O)C2CCN(S(=O)(=O)Cc3c(F)cccc3Cl)CC2)c2ccccc2O1. The molecule has 0 radical (unpaired) electrons. The number of carbonyl (C=O) groups is 1. The van der Waals surface area contributed by atoms with Gasteiger partial charge >= 0.3 is 0 Å². The van der Waals surface area contributed by atoms with Gasteiger partial charge in [-0.15, -0.1) is 0 Å². The van der Waals surface area contributed by atoms with Gasteiger partial charge in [0.05, 0.1) is 11.8 Å². The Bertz CT molecular complexity index is 1160. The standard InChI is InChI=1S/C26H32ClFN2O4S/c1-3-26(4-2)16-23(19-8-5-6-11-24(19)34-26)29-25(31)18-12-14-30(15-13-18)35(32,33)17-20-21(27)9-7-10-22(20)28/h5-11,18,23H,3-4,12-17H2,1-2H3,(H,29,31). The van der Waals surface area contributed by atoms with Gasteiger partial charge in [-0.05, 0) is 43.9 Å². The number of hydrogen-bond donors (Lipinski definition) is 1. The quantitative estimate of drug-likeness (QED) is 0.541. The fraction of sp³-hybridized carbons (Fsp3) is 0.500. The van der Waals surface area contributed by atoms with Crippen molar-refractivity contribution < 1.29 is 22.3 Å². The van der Waals surface area contributed by atoms with E-state index in [0.29, 0.717) is 19.3 Å². The summed E-state index contributed by atoms with van der Waals surface area (Å²) in [6.07, 6.45) is 3.19. The summed E-state index contributed by atoms with van der Waals surface area (Å²) in [4.78, 5) is 13.2. The number of fused-ring (bicyclic) bond motifs is 1. The van der Waals surface area contributed by atoms with Crippen molar-refractivity contribution in [2.75, 3.05) is 13.1 Å². The highest BCUT2D eigenvalue weighted by molar-refractivity contribution is 7.88. The first-order valence-electron chi connectivity index (χ1n) is 12.2. The van der Waals surface area contributed by atoms with Crippen LogP contribution >= 0.6 is 11.6 Å². The molecule has 1 amide bonds. The second-order valence-corrected chi connectivity index (χ2v) is 11.8. The molecule has 0 bridgehead atoms. The molecule has 2 aliphatic heterocycles. The third-order valence-corrected chi connectivity index (χ3v) is 9.57. The number of benzene rings is 2. The lowest BCUT2D eigenvalue weighted by Crippen LogP contribution is -2.47. The van der Waals surface area contributed by atoms with Crippen molar-refractivity contribution in [1.29, 1.82) is 0 Å². The van der Waals surface area contributed by atoms with E-state index in [0.717, 1.165) is 24.2 Å². The molecule has 1 atom stereocenters. The number of hydrogen-bond acceptors (Lipinski definition) is 4. The van der Waals surface area contributed by atoms with Gasteiger partial charge in [-0.25, -0.2) is 17.1 Å². The van der Waals surface area contributed by atoms with Crippen LogP contribution in [0.4, 0.5) is 4.39 Å². The van der Waals surface area contributed by atoms with Crippen molar-refractivity contribution in [3.8, 4) is 5.75 Å². The Morgan fingerprint density at radius 2 is 1.83 bits per heavy atom. The number of sulfonamides is 1. The fourth-order valence-corrected chi connectivity index (χ4v) is 6.98. The Balaban J connectivity index is 1.40. The molecule has 6 nitrogen and oxygen atoms in total. The molecule has 1 fully saturated rings. The van der Waals surface area contributed by atoms with Crippen LogP contribution in [0, 0.1) is 11.7 Å². The van der Waals surface area contributed by atoms with E-state index in [-0.39, 0.29) is 47.1 Å². The maximum Gasteiger partial charge on any atom is 0.223 e. The summed E-state index contributed by atoms with van der Waals surface area (Å²) in [5.41, 5.74) is 0.625. The van der Waals surface area contributed by atoms with E-state index in [1.54, 1.807) is 0 Å². The average Bonchev–Trinajstić information content (AvgIpc) is 2.86. The van der Waals surface area contributed by atoms with Gasteiger partial charge in [-0.2, -0.15) is 0 Å². The van der Waals surface area contributed by atoms with Crippen molar-refractivity contribution >= 4 is 27.5 Å². The average molecular weight is 523 g/mol. The first-order valence-corrected chi connectivity index (χ1v) is 14.2. The first kappa shape index (κ1) is 25.9. The van der Waals surface area contributed by atoms with Crippen molar-refractivity contribution in [3.63, 3.8) is 0 Å². The molecule has 0 aliphatic carbocycles. The monoisotopic (exact) mass is 522 g/mol. The molecule has 2 aromatic carbocycles. The Morgan fingerprint density at radius 3 is 2.49 bits per heavy atom. The predicted molar refractivity (Wildman–Crippen MR) is 134 cm³/mol. The van der Waals surface area contributed by atoms with Crippen molar-refractivity contribution in [2.45, 2.75) is 63.3 Å². The Hall–Kier alpha value is -2.16. The van der Waals surface area contributed by atoms with Crippen LogP contribution in [0.5, 0.6) is 5.75 Å². The summed E-state index contributed by atoms with van der Waals surface area (Å²) in [7, 11) is -3.76. The van der Waals surface area contributed by atoms with Crippen LogP contribution in [0.1, 0.15) is 63.1 Å². The van der Waals surface area contributed by atoms with Crippen LogP contribution in [0.3, 0.4) is 0 Å². The second kappa shape index (κ2) is 10.4. The molecule has 2 aromatic rings. The van der Waals surface area contributed by atoms with Gasteiger partial charge in [0.25, 0.3) is 0 Å². The lowest BCUT2D eigenvalue weighted by Gasteiger charge is -2.42. The van der Waals surface area contributed by atoms with E-state index >= 15 is 0 Å². The minimum atomic E-state index is -3.76. The third-order valence-electron chi connectivity index (χ3n) is 7.41. The van der Waals surface area contributed by atoms with Crippen LogP contribution in [0.25, 0.3) is 0 Å². The van der Waals surface area contributed by atoms with Gasteiger partial charge in [-0.3, -0.25) is 4.79 Å². The number of piperidine rings is 1. The van der Waals surface area contributed by atoms with Crippen LogP contribution < -0.4 is 10.1 Å². The number of nitrogens with zero attached hydrogens (tertiary/aromatic N) is 1. The zero-order chi connectivity index (χ0) is 25.2. The summed E-state index contributed by atoms with van der Waals surface area (Å²) in [6, 6.07) is 11.8. The maximum atomic E-state index is 14.1. The molecule has 0 saturated carbocycles. The molecule has 4 rings (SSSR count). The van der Waals surface area contributed by atoms with Crippen LogP contribution in [0.2, 0.25) is 5.02 Å². The first-order chi connectivity index (χ1) is 16.7. The molecule has 35 heavy (non-hydrogen) atoms. The number of nitrogens with one attached hydrogen (secondary N) is 1. The summed E-state index contributed by atoms with van der Waals surface area (Å²) < 4.78 is 47.6. The number of para-hydroxylation sites is 1. The van der Waals surface area contributed by atoms with Crippen LogP contribution in [-0.2, 0) is 20.6 Å².